The molecule has 0 spiro atoms. The van der Waals surface area contributed by atoms with E-state index in [1.54, 1.807) is 0 Å². The second-order valence-electron chi connectivity index (χ2n) is 4.74. The van der Waals surface area contributed by atoms with Crippen molar-refractivity contribution in [2.75, 3.05) is 24.3 Å². The summed E-state index contributed by atoms with van der Waals surface area (Å²) < 4.78 is 34.2. The van der Waals surface area contributed by atoms with E-state index in [2.05, 4.69) is 12.2 Å². The Morgan fingerprint density at radius 3 is 2.65 bits per heavy atom. The van der Waals surface area contributed by atoms with Crippen molar-refractivity contribution in [1.82, 2.24) is 5.32 Å². The van der Waals surface area contributed by atoms with E-state index in [0.717, 1.165) is 32.2 Å². The van der Waals surface area contributed by atoms with Crippen molar-refractivity contribution in [3.05, 3.63) is 0 Å². The van der Waals surface area contributed by atoms with Crippen LogP contribution < -0.4 is 5.32 Å². The molecule has 0 heterocycles. The third kappa shape index (κ3) is 5.48. The van der Waals surface area contributed by atoms with Crippen LogP contribution in [0.15, 0.2) is 0 Å². The molecular weight excluding hydrogens is 258 g/mol. The van der Waals surface area contributed by atoms with Crippen molar-refractivity contribution < 1.29 is 12.6 Å². The van der Waals surface area contributed by atoms with Crippen molar-refractivity contribution in [1.29, 1.82) is 0 Å². The fraction of sp³-hybridized carbons (Fsp3) is 1.00. The molecule has 3 unspecified atom stereocenters. The predicted molar refractivity (Wildman–Crippen MR) is 72.4 cm³/mol. The molecule has 1 rings (SSSR count). The fourth-order valence-electron chi connectivity index (χ4n) is 2.19. The first-order valence-electron chi connectivity index (χ1n) is 6.22. The molecule has 0 aromatic rings. The van der Waals surface area contributed by atoms with Gasteiger partial charge in [-0.1, -0.05) is 13.3 Å². The molecule has 0 amide bonds. The zero-order valence-electron chi connectivity index (χ0n) is 10.6. The first-order chi connectivity index (χ1) is 7.94. The molecule has 0 aliphatic heterocycles. The number of hydrogen-bond donors (Lipinski definition) is 1. The highest BCUT2D eigenvalue weighted by atomic mass is 32.2. The Balaban J connectivity index is 2.44. The minimum atomic E-state index is -3.00. The van der Waals surface area contributed by atoms with Crippen LogP contribution in [0, 0.1) is 0 Å². The Kier molecular flexibility index (Phi) is 6.09. The van der Waals surface area contributed by atoms with Gasteiger partial charge >= 0.3 is 0 Å². The van der Waals surface area contributed by atoms with Crippen LogP contribution in [0.5, 0.6) is 0 Å². The number of hydrogen-bond acceptors (Lipinski definition) is 4. The molecule has 0 aromatic heterocycles. The van der Waals surface area contributed by atoms with Crippen molar-refractivity contribution in [3.63, 3.8) is 0 Å². The number of sulfone groups is 1. The first kappa shape index (κ1) is 15.1. The lowest BCUT2D eigenvalue weighted by atomic mass is 10.2. The quantitative estimate of drug-likeness (QED) is 0.746. The summed E-state index contributed by atoms with van der Waals surface area (Å²) in [6, 6.07) is 0.315. The molecule has 0 saturated heterocycles. The van der Waals surface area contributed by atoms with Crippen molar-refractivity contribution in [3.8, 4) is 0 Å². The Hall–Kier alpha value is 0.0600. The smallest absolute Gasteiger partial charge is 0.148 e. The Bertz CT molecular complexity index is 354. The van der Waals surface area contributed by atoms with Gasteiger partial charge in [0.05, 0.1) is 11.0 Å². The van der Waals surface area contributed by atoms with Gasteiger partial charge in [0.25, 0.3) is 0 Å². The van der Waals surface area contributed by atoms with E-state index in [9.17, 15) is 12.6 Å². The molecule has 1 N–H and O–H groups in total. The van der Waals surface area contributed by atoms with Crippen LogP contribution in [0.4, 0.5) is 0 Å². The Labute approximate surface area is 107 Å². The number of rotatable bonds is 7. The summed E-state index contributed by atoms with van der Waals surface area (Å²) in [6.45, 7) is 3.06. The summed E-state index contributed by atoms with van der Waals surface area (Å²) >= 11 is 0. The summed E-state index contributed by atoms with van der Waals surface area (Å²) in [6.07, 6.45) is 5.38. The monoisotopic (exact) mass is 281 g/mol. The zero-order chi connectivity index (χ0) is 12.9. The zero-order valence-corrected chi connectivity index (χ0v) is 12.3. The van der Waals surface area contributed by atoms with Gasteiger partial charge in [-0.25, -0.2) is 8.42 Å². The normalized spacial score (nSPS) is 27.2. The second kappa shape index (κ2) is 6.85. The van der Waals surface area contributed by atoms with Gasteiger partial charge in [-0.05, 0) is 25.8 Å². The van der Waals surface area contributed by atoms with Gasteiger partial charge in [0, 0.05) is 28.9 Å². The SMILES string of the molecule is CCCNC1CCCC1S(=O)CCS(C)(=O)=O. The molecule has 0 aromatic carbocycles. The second-order valence-corrected chi connectivity index (χ2v) is 8.78. The minimum absolute atomic E-state index is 0.0383. The van der Waals surface area contributed by atoms with Gasteiger partial charge in [-0.2, -0.15) is 0 Å². The molecule has 0 bridgehead atoms. The van der Waals surface area contributed by atoms with E-state index < -0.39 is 20.6 Å². The lowest BCUT2D eigenvalue weighted by Gasteiger charge is -2.20. The van der Waals surface area contributed by atoms with Crippen molar-refractivity contribution >= 4 is 20.6 Å². The van der Waals surface area contributed by atoms with Crippen LogP contribution in [-0.4, -0.2) is 48.2 Å². The van der Waals surface area contributed by atoms with Crippen LogP contribution in [0.3, 0.4) is 0 Å². The topological polar surface area (TPSA) is 63.2 Å². The van der Waals surface area contributed by atoms with Gasteiger partial charge in [0.2, 0.25) is 0 Å². The molecule has 1 saturated carbocycles. The molecule has 1 aliphatic carbocycles. The van der Waals surface area contributed by atoms with E-state index in [4.69, 9.17) is 0 Å². The van der Waals surface area contributed by atoms with Crippen molar-refractivity contribution in [2.45, 2.75) is 43.9 Å². The molecule has 3 atom stereocenters. The van der Waals surface area contributed by atoms with Gasteiger partial charge in [-0.15, -0.1) is 0 Å². The summed E-state index contributed by atoms with van der Waals surface area (Å²) in [5.41, 5.74) is 0. The molecule has 17 heavy (non-hydrogen) atoms. The van der Waals surface area contributed by atoms with Crippen LogP contribution in [0.2, 0.25) is 0 Å². The highest BCUT2D eigenvalue weighted by Gasteiger charge is 2.31. The van der Waals surface area contributed by atoms with Crippen molar-refractivity contribution in [2.24, 2.45) is 0 Å². The predicted octanol–water partition coefficient (Wildman–Crippen LogP) is 0.700. The first-order valence-corrected chi connectivity index (χ1v) is 9.66. The Morgan fingerprint density at radius 2 is 2.06 bits per heavy atom. The van der Waals surface area contributed by atoms with E-state index >= 15 is 0 Å². The van der Waals surface area contributed by atoms with Gasteiger partial charge in [-0.3, -0.25) is 4.21 Å². The van der Waals surface area contributed by atoms with Gasteiger partial charge in [0.1, 0.15) is 9.84 Å². The van der Waals surface area contributed by atoms with Crippen LogP contribution in [-0.2, 0) is 20.6 Å². The van der Waals surface area contributed by atoms with Crippen LogP contribution in [0.1, 0.15) is 32.6 Å². The average molecular weight is 281 g/mol. The third-order valence-electron chi connectivity index (χ3n) is 3.10. The van der Waals surface area contributed by atoms with E-state index in [-0.39, 0.29) is 16.8 Å². The Morgan fingerprint density at radius 1 is 1.35 bits per heavy atom. The molecule has 102 valence electrons. The summed E-state index contributed by atoms with van der Waals surface area (Å²) in [7, 11) is -4.01. The summed E-state index contributed by atoms with van der Waals surface area (Å²) in [4.78, 5) is 0. The fourth-order valence-corrected chi connectivity index (χ4v) is 5.39. The molecular formula is C11H23NO3S2. The maximum Gasteiger partial charge on any atom is 0.148 e. The highest BCUT2D eigenvalue weighted by molar-refractivity contribution is 7.92. The van der Waals surface area contributed by atoms with Crippen LogP contribution >= 0.6 is 0 Å². The van der Waals surface area contributed by atoms with Gasteiger partial charge < -0.3 is 5.32 Å². The van der Waals surface area contributed by atoms with Crippen LogP contribution in [0.25, 0.3) is 0 Å². The summed E-state index contributed by atoms with van der Waals surface area (Å²) in [5, 5.41) is 3.56. The lowest BCUT2D eigenvalue weighted by Crippen LogP contribution is -2.39. The largest absolute Gasteiger partial charge is 0.313 e. The average Bonchev–Trinajstić information content (AvgIpc) is 2.70. The summed E-state index contributed by atoms with van der Waals surface area (Å²) in [5.74, 6) is 0.324. The third-order valence-corrected chi connectivity index (χ3v) is 6.15. The number of nitrogens with one attached hydrogen (secondary N) is 1. The van der Waals surface area contributed by atoms with Gasteiger partial charge in [0.15, 0.2) is 0 Å². The molecule has 6 heteroatoms. The minimum Gasteiger partial charge on any atom is -0.313 e. The van der Waals surface area contributed by atoms with E-state index in [1.165, 1.54) is 6.26 Å². The maximum absolute atomic E-state index is 12.1. The highest BCUT2D eigenvalue weighted by Crippen LogP contribution is 2.24. The molecule has 0 radical (unpaired) electrons. The standard InChI is InChI=1S/C11H23NO3S2/c1-3-7-12-10-5-4-6-11(10)16(13)8-9-17(2,14)15/h10-12H,3-9H2,1-2H3. The lowest BCUT2D eigenvalue weighted by molar-refractivity contribution is 0.523. The molecule has 1 fully saturated rings. The van der Waals surface area contributed by atoms with E-state index in [1.807, 2.05) is 0 Å². The van der Waals surface area contributed by atoms with E-state index in [0.29, 0.717) is 6.04 Å². The molecule has 1 aliphatic rings. The molecule has 4 nitrogen and oxygen atoms in total. The maximum atomic E-state index is 12.1.